The monoisotopic (exact) mass is 323 g/mol. The SMILES string of the molecule is Cc1c[nH]c(=O)c2cc3ccnc(OCC4CCC(=O)N4)c3cc12. The predicted octanol–water partition coefficient (Wildman–Crippen LogP) is 2.04. The van der Waals surface area contributed by atoms with Gasteiger partial charge < -0.3 is 15.0 Å². The van der Waals surface area contributed by atoms with E-state index >= 15 is 0 Å². The molecule has 3 heterocycles. The number of carbonyl (C=O) groups excluding carboxylic acids is 1. The standard InChI is InChI=1S/C18H17N3O3/c1-10-8-20-17(23)15-6-11-4-5-19-18(14(11)7-13(10)15)24-9-12-2-3-16(22)21-12/h4-8,12H,2-3,9H2,1H3,(H,20,23)(H,21,22). The minimum Gasteiger partial charge on any atom is -0.475 e. The van der Waals surface area contributed by atoms with Crippen LogP contribution in [-0.4, -0.2) is 28.5 Å². The van der Waals surface area contributed by atoms with Crippen molar-refractivity contribution in [3.63, 3.8) is 0 Å². The molecule has 1 saturated heterocycles. The number of amides is 1. The minimum absolute atomic E-state index is 0.0274. The number of ether oxygens (including phenoxy) is 1. The third-order valence-corrected chi connectivity index (χ3v) is 4.46. The van der Waals surface area contributed by atoms with Gasteiger partial charge in [0.25, 0.3) is 5.56 Å². The summed E-state index contributed by atoms with van der Waals surface area (Å²) in [5, 5.41) is 6.19. The Bertz CT molecular complexity index is 1010. The van der Waals surface area contributed by atoms with Gasteiger partial charge in [0.05, 0.1) is 6.04 Å². The molecule has 24 heavy (non-hydrogen) atoms. The Morgan fingerprint density at radius 3 is 2.92 bits per heavy atom. The largest absolute Gasteiger partial charge is 0.475 e. The number of fused-ring (bicyclic) bond motifs is 2. The van der Waals surface area contributed by atoms with Gasteiger partial charge in [-0.05, 0) is 47.9 Å². The number of aryl methyl sites for hydroxylation is 1. The van der Waals surface area contributed by atoms with Crippen LogP contribution in [0.15, 0.2) is 35.4 Å². The maximum absolute atomic E-state index is 12.0. The first-order valence-electron chi connectivity index (χ1n) is 7.95. The van der Waals surface area contributed by atoms with Crippen molar-refractivity contribution >= 4 is 27.5 Å². The van der Waals surface area contributed by atoms with Gasteiger partial charge in [0, 0.05) is 29.6 Å². The van der Waals surface area contributed by atoms with E-state index in [4.69, 9.17) is 4.74 Å². The molecule has 6 heteroatoms. The summed E-state index contributed by atoms with van der Waals surface area (Å²) in [6.45, 7) is 2.35. The summed E-state index contributed by atoms with van der Waals surface area (Å²) in [4.78, 5) is 30.4. The van der Waals surface area contributed by atoms with E-state index in [0.717, 1.165) is 28.1 Å². The van der Waals surface area contributed by atoms with Crippen molar-refractivity contribution in [3.8, 4) is 5.88 Å². The average Bonchev–Trinajstić information content (AvgIpc) is 3.00. The van der Waals surface area contributed by atoms with Crippen LogP contribution in [0.1, 0.15) is 18.4 Å². The third-order valence-electron chi connectivity index (χ3n) is 4.46. The van der Waals surface area contributed by atoms with Crippen molar-refractivity contribution in [2.24, 2.45) is 0 Å². The molecule has 0 radical (unpaired) electrons. The van der Waals surface area contributed by atoms with E-state index in [1.54, 1.807) is 12.4 Å². The van der Waals surface area contributed by atoms with Gasteiger partial charge in [-0.1, -0.05) is 0 Å². The molecule has 1 aliphatic heterocycles. The number of carbonyl (C=O) groups is 1. The highest BCUT2D eigenvalue weighted by Crippen LogP contribution is 2.28. The van der Waals surface area contributed by atoms with E-state index in [9.17, 15) is 9.59 Å². The molecule has 1 aromatic carbocycles. The third kappa shape index (κ3) is 2.50. The van der Waals surface area contributed by atoms with Crippen LogP contribution in [0.5, 0.6) is 5.88 Å². The van der Waals surface area contributed by atoms with E-state index in [-0.39, 0.29) is 17.5 Å². The van der Waals surface area contributed by atoms with E-state index in [1.165, 1.54) is 0 Å². The van der Waals surface area contributed by atoms with Gasteiger partial charge in [-0.25, -0.2) is 4.98 Å². The molecule has 0 aliphatic carbocycles. The zero-order valence-electron chi connectivity index (χ0n) is 13.3. The number of aromatic nitrogens is 2. The molecule has 1 fully saturated rings. The van der Waals surface area contributed by atoms with Crippen molar-refractivity contribution in [2.75, 3.05) is 6.61 Å². The van der Waals surface area contributed by atoms with Gasteiger partial charge >= 0.3 is 0 Å². The number of hydrogen-bond donors (Lipinski definition) is 2. The molecule has 0 bridgehead atoms. The number of hydrogen-bond acceptors (Lipinski definition) is 4. The second-order valence-corrected chi connectivity index (χ2v) is 6.15. The van der Waals surface area contributed by atoms with Crippen LogP contribution in [0.2, 0.25) is 0 Å². The predicted molar refractivity (Wildman–Crippen MR) is 91.3 cm³/mol. The maximum Gasteiger partial charge on any atom is 0.255 e. The number of nitrogens with zero attached hydrogens (tertiary/aromatic N) is 1. The van der Waals surface area contributed by atoms with Crippen LogP contribution in [0.4, 0.5) is 0 Å². The maximum atomic E-state index is 12.0. The van der Waals surface area contributed by atoms with E-state index in [2.05, 4.69) is 15.3 Å². The molecule has 1 atom stereocenters. The molecule has 0 spiro atoms. The number of rotatable bonds is 3. The average molecular weight is 323 g/mol. The van der Waals surface area contributed by atoms with Crippen molar-refractivity contribution in [1.29, 1.82) is 0 Å². The van der Waals surface area contributed by atoms with Crippen molar-refractivity contribution in [1.82, 2.24) is 15.3 Å². The zero-order chi connectivity index (χ0) is 16.7. The van der Waals surface area contributed by atoms with Gasteiger partial charge in [0.15, 0.2) is 0 Å². The number of H-pyrrole nitrogens is 1. The van der Waals surface area contributed by atoms with Crippen molar-refractivity contribution in [3.05, 3.63) is 46.5 Å². The van der Waals surface area contributed by atoms with Gasteiger partial charge in [-0.2, -0.15) is 0 Å². The van der Waals surface area contributed by atoms with Gasteiger partial charge in [-0.15, -0.1) is 0 Å². The fourth-order valence-electron chi connectivity index (χ4n) is 3.13. The second-order valence-electron chi connectivity index (χ2n) is 6.15. The molecule has 1 amide bonds. The molecule has 6 nitrogen and oxygen atoms in total. The van der Waals surface area contributed by atoms with E-state index < -0.39 is 0 Å². The Morgan fingerprint density at radius 1 is 1.25 bits per heavy atom. The molecule has 1 unspecified atom stereocenters. The minimum atomic E-state index is -0.106. The number of benzene rings is 1. The molecule has 1 aliphatic rings. The van der Waals surface area contributed by atoms with Crippen LogP contribution in [0.25, 0.3) is 21.5 Å². The van der Waals surface area contributed by atoms with E-state index in [0.29, 0.717) is 24.3 Å². The van der Waals surface area contributed by atoms with Crippen LogP contribution in [-0.2, 0) is 4.79 Å². The summed E-state index contributed by atoms with van der Waals surface area (Å²) in [6.07, 6.45) is 4.70. The van der Waals surface area contributed by atoms with Gasteiger partial charge in [-0.3, -0.25) is 9.59 Å². The topological polar surface area (TPSA) is 84.1 Å². The fourth-order valence-corrected chi connectivity index (χ4v) is 3.13. The molecule has 4 rings (SSSR count). The molecule has 3 aromatic rings. The summed E-state index contributed by atoms with van der Waals surface area (Å²) in [7, 11) is 0. The lowest BCUT2D eigenvalue weighted by atomic mass is 10.0. The first-order chi connectivity index (χ1) is 11.6. The first-order valence-corrected chi connectivity index (χ1v) is 7.95. The zero-order valence-corrected chi connectivity index (χ0v) is 13.3. The first kappa shape index (κ1) is 14.7. The Labute approximate surface area is 137 Å². The highest BCUT2D eigenvalue weighted by molar-refractivity contribution is 6.00. The molecule has 122 valence electrons. The molecule has 0 saturated carbocycles. The van der Waals surface area contributed by atoms with Crippen molar-refractivity contribution < 1.29 is 9.53 Å². The molecular formula is C18H17N3O3. The highest BCUT2D eigenvalue weighted by atomic mass is 16.5. The summed E-state index contributed by atoms with van der Waals surface area (Å²) in [5.41, 5.74) is 0.884. The normalized spacial score (nSPS) is 17.4. The molecular weight excluding hydrogens is 306 g/mol. The fraction of sp³-hybridized carbons (Fsp3) is 0.278. The number of nitrogens with one attached hydrogen (secondary N) is 2. The quantitative estimate of drug-likeness (QED) is 0.723. The van der Waals surface area contributed by atoms with Crippen LogP contribution in [0.3, 0.4) is 0 Å². The molecule has 2 aromatic heterocycles. The Kier molecular flexibility index (Phi) is 3.45. The van der Waals surface area contributed by atoms with Crippen LogP contribution < -0.4 is 15.6 Å². The summed E-state index contributed by atoms with van der Waals surface area (Å²) < 4.78 is 5.86. The smallest absolute Gasteiger partial charge is 0.255 e. The second kappa shape index (κ2) is 5.63. The highest BCUT2D eigenvalue weighted by Gasteiger charge is 2.21. The summed E-state index contributed by atoms with van der Waals surface area (Å²) >= 11 is 0. The lowest BCUT2D eigenvalue weighted by molar-refractivity contribution is -0.119. The Morgan fingerprint density at radius 2 is 2.12 bits per heavy atom. The van der Waals surface area contributed by atoms with Gasteiger partial charge in [0.1, 0.15) is 6.61 Å². The number of aromatic amines is 1. The summed E-state index contributed by atoms with van der Waals surface area (Å²) in [6, 6.07) is 5.70. The molecule has 2 N–H and O–H groups in total. The van der Waals surface area contributed by atoms with Crippen molar-refractivity contribution in [2.45, 2.75) is 25.8 Å². The summed E-state index contributed by atoms with van der Waals surface area (Å²) in [5.74, 6) is 0.588. The van der Waals surface area contributed by atoms with Crippen LogP contribution in [0, 0.1) is 6.92 Å². The Balaban J connectivity index is 1.76. The van der Waals surface area contributed by atoms with Gasteiger partial charge in [0.2, 0.25) is 11.8 Å². The number of pyridine rings is 2. The lowest BCUT2D eigenvalue weighted by Gasteiger charge is -2.13. The van der Waals surface area contributed by atoms with E-state index in [1.807, 2.05) is 25.1 Å². The Hall–Kier alpha value is -2.89. The lowest BCUT2D eigenvalue weighted by Crippen LogP contribution is -2.31. The van der Waals surface area contributed by atoms with Crippen LogP contribution >= 0.6 is 0 Å².